The van der Waals surface area contributed by atoms with Crippen molar-refractivity contribution in [3.05, 3.63) is 65.0 Å². The molecule has 1 aromatic heterocycles. The molecule has 132 valence electrons. The summed E-state index contributed by atoms with van der Waals surface area (Å²) in [5.74, 6) is -0.0889. The Kier molecular flexibility index (Phi) is 5.79. The number of aryl methyl sites for hydroxylation is 1. The zero-order valence-corrected chi connectivity index (χ0v) is 15.0. The number of nitrogens with one attached hydrogen (secondary N) is 1. The number of likely N-dealkylation sites (N-methyl/N-ethyl adjacent to an activating group) is 1. The summed E-state index contributed by atoms with van der Waals surface area (Å²) in [6.07, 6.45) is 1.61. The van der Waals surface area contributed by atoms with Gasteiger partial charge in [-0.2, -0.15) is 0 Å². The highest BCUT2D eigenvalue weighted by Gasteiger charge is 2.13. The highest BCUT2D eigenvalue weighted by Crippen LogP contribution is 2.10. The Hall–Kier alpha value is -2.24. The van der Waals surface area contributed by atoms with E-state index in [0.29, 0.717) is 12.1 Å². The number of benzene rings is 1. The van der Waals surface area contributed by atoms with Gasteiger partial charge in [-0.25, -0.2) is 0 Å². The molecule has 5 heteroatoms. The molecule has 1 aliphatic heterocycles. The molecule has 0 unspecified atom stereocenters. The lowest BCUT2D eigenvalue weighted by molar-refractivity contribution is 0.0950. The lowest BCUT2D eigenvalue weighted by Gasteiger charge is -2.32. The van der Waals surface area contributed by atoms with Crippen LogP contribution in [-0.4, -0.2) is 53.9 Å². The first-order chi connectivity index (χ1) is 12.1. The standard InChI is InChI=1S/C20H26N4O/c1-16-3-8-19(14-21-16)20(25)22-13-17-4-6-18(7-5-17)15-24-11-9-23(2)10-12-24/h3-8,14H,9-13,15H2,1-2H3,(H,22,25). The van der Waals surface area contributed by atoms with E-state index in [9.17, 15) is 4.79 Å². The molecule has 0 bridgehead atoms. The summed E-state index contributed by atoms with van der Waals surface area (Å²) in [5.41, 5.74) is 3.93. The fourth-order valence-electron chi connectivity index (χ4n) is 2.91. The van der Waals surface area contributed by atoms with Crippen LogP contribution in [0, 0.1) is 6.92 Å². The van der Waals surface area contributed by atoms with E-state index >= 15 is 0 Å². The molecule has 0 saturated carbocycles. The quantitative estimate of drug-likeness (QED) is 0.907. The van der Waals surface area contributed by atoms with E-state index in [1.54, 1.807) is 12.3 Å². The average molecular weight is 338 g/mol. The Morgan fingerprint density at radius 2 is 1.72 bits per heavy atom. The number of amides is 1. The molecule has 1 aliphatic rings. The smallest absolute Gasteiger partial charge is 0.253 e. The lowest BCUT2D eigenvalue weighted by Crippen LogP contribution is -2.43. The molecule has 0 atom stereocenters. The van der Waals surface area contributed by atoms with Gasteiger partial charge in [0.15, 0.2) is 0 Å². The van der Waals surface area contributed by atoms with Crippen LogP contribution in [0.4, 0.5) is 0 Å². The number of nitrogens with zero attached hydrogens (tertiary/aromatic N) is 3. The third-order valence-corrected chi connectivity index (χ3v) is 4.65. The SMILES string of the molecule is Cc1ccc(C(=O)NCc2ccc(CN3CCN(C)CC3)cc2)cn1. The molecule has 1 amide bonds. The van der Waals surface area contributed by atoms with Crippen molar-refractivity contribution < 1.29 is 4.79 Å². The normalized spacial score (nSPS) is 15.9. The number of piperazine rings is 1. The van der Waals surface area contributed by atoms with Gasteiger partial charge in [-0.05, 0) is 37.2 Å². The van der Waals surface area contributed by atoms with Crippen molar-refractivity contribution in [1.82, 2.24) is 20.1 Å². The summed E-state index contributed by atoms with van der Waals surface area (Å²) in [6, 6.07) is 12.2. The predicted octanol–water partition coefficient (Wildman–Crippen LogP) is 2.07. The highest BCUT2D eigenvalue weighted by molar-refractivity contribution is 5.93. The lowest BCUT2D eigenvalue weighted by atomic mass is 10.1. The maximum absolute atomic E-state index is 12.1. The first-order valence-corrected chi connectivity index (χ1v) is 8.80. The van der Waals surface area contributed by atoms with Gasteiger partial charge < -0.3 is 10.2 Å². The summed E-state index contributed by atoms with van der Waals surface area (Å²) in [7, 11) is 2.17. The molecule has 1 fully saturated rings. The molecule has 0 spiro atoms. The second-order valence-electron chi connectivity index (χ2n) is 6.77. The molecule has 2 heterocycles. The molecular weight excluding hydrogens is 312 g/mol. The van der Waals surface area contributed by atoms with Crippen molar-refractivity contribution in [2.75, 3.05) is 33.2 Å². The number of carbonyl (C=O) groups is 1. The Morgan fingerprint density at radius 1 is 1.04 bits per heavy atom. The summed E-state index contributed by atoms with van der Waals surface area (Å²) in [5, 5.41) is 2.95. The van der Waals surface area contributed by atoms with E-state index in [4.69, 9.17) is 0 Å². The first-order valence-electron chi connectivity index (χ1n) is 8.80. The third-order valence-electron chi connectivity index (χ3n) is 4.65. The van der Waals surface area contributed by atoms with E-state index in [1.165, 1.54) is 5.56 Å². The van der Waals surface area contributed by atoms with Crippen LogP contribution in [0.3, 0.4) is 0 Å². The second kappa shape index (κ2) is 8.23. The minimum absolute atomic E-state index is 0.0889. The molecule has 25 heavy (non-hydrogen) atoms. The first kappa shape index (κ1) is 17.6. The van der Waals surface area contributed by atoms with Gasteiger partial charge in [0.25, 0.3) is 5.91 Å². The van der Waals surface area contributed by atoms with Gasteiger partial charge in [0.1, 0.15) is 0 Å². The number of aromatic nitrogens is 1. The number of carbonyl (C=O) groups excluding carboxylic acids is 1. The minimum Gasteiger partial charge on any atom is -0.348 e. The van der Waals surface area contributed by atoms with E-state index in [-0.39, 0.29) is 5.91 Å². The Bertz CT molecular complexity index is 689. The van der Waals surface area contributed by atoms with Crippen LogP contribution >= 0.6 is 0 Å². The molecule has 1 aromatic carbocycles. The third kappa shape index (κ3) is 5.11. The van der Waals surface area contributed by atoms with Crippen molar-refractivity contribution in [2.24, 2.45) is 0 Å². The fraction of sp³-hybridized carbons (Fsp3) is 0.400. The molecule has 3 rings (SSSR count). The summed E-state index contributed by atoms with van der Waals surface area (Å²) in [4.78, 5) is 21.1. The van der Waals surface area contributed by atoms with Crippen molar-refractivity contribution in [1.29, 1.82) is 0 Å². The van der Waals surface area contributed by atoms with Gasteiger partial charge in [0, 0.05) is 51.2 Å². The molecule has 2 aromatic rings. The maximum atomic E-state index is 12.1. The van der Waals surface area contributed by atoms with Gasteiger partial charge in [-0.1, -0.05) is 24.3 Å². The van der Waals surface area contributed by atoms with Crippen LogP contribution in [-0.2, 0) is 13.1 Å². The average Bonchev–Trinajstić information content (AvgIpc) is 2.63. The van der Waals surface area contributed by atoms with E-state index in [2.05, 4.69) is 51.4 Å². The zero-order valence-electron chi connectivity index (χ0n) is 15.0. The monoisotopic (exact) mass is 338 g/mol. The van der Waals surface area contributed by atoms with Gasteiger partial charge in [0.2, 0.25) is 0 Å². The zero-order chi connectivity index (χ0) is 17.6. The van der Waals surface area contributed by atoms with E-state index in [1.807, 2.05) is 13.0 Å². The summed E-state index contributed by atoms with van der Waals surface area (Å²) in [6.45, 7) is 7.95. The highest BCUT2D eigenvalue weighted by atomic mass is 16.1. The summed E-state index contributed by atoms with van der Waals surface area (Å²) >= 11 is 0. The molecule has 0 aliphatic carbocycles. The van der Waals surface area contributed by atoms with Crippen LogP contribution in [0.15, 0.2) is 42.6 Å². The number of hydrogen-bond acceptors (Lipinski definition) is 4. The van der Waals surface area contributed by atoms with Crippen molar-refractivity contribution >= 4 is 5.91 Å². The summed E-state index contributed by atoms with van der Waals surface area (Å²) < 4.78 is 0. The number of rotatable bonds is 5. The number of hydrogen-bond donors (Lipinski definition) is 1. The maximum Gasteiger partial charge on any atom is 0.253 e. The molecular formula is C20H26N4O. The number of pyridine rings is 1. The Labute approximate surface area is 149 Å². The topological polar surface area (TPSA) is 48.5 Å². The Balaban J connectivity index is 1.49. The fourth-order valence-corrected chi connectivity index (χ4v) is 2.91. The molecule has 1 saturated heterocycles. The second-order valence-corrected chi connectivity index (χ2v) is 6.77. The van der Waals surface area contributed by atoms with Crippen molar-refractivity contribution in [3.63, 3.8) is 0 Å². The van der Waals surface area contributed by atoms with Gasteiger partial charge in [-0.15, -0.1) is 0 Å². The van der Waals surface area contributed by atoms with Gasteiger partial charge in [-0.3, -0.25) is 14.7 Å². The molecule has 5 nitrogen and oxygen atoms in total. The molecule has 1 N–H and O–H groups in total. The Morgan fingerprint density at radius 3 is 2.36 bits per heavy atom. The molecule has 0 radical (unpaired) electrons. The minimum atomic E-state index is -0.0889. The van der Waals surface area contributed by atoms with E-state index in [0.717, 1.165) is 44.0 Å². The van der Waals surface area contributed by atoms with Crippen LogP contribution in [0.1, 0.15) is 27.2 Å². The van der Waals surface area contributed by atoms with Crippen LogP contribution < -0.4 is 5.32 Å². The largest absolute Gasteiger partial charge is 0.348 e. The van der Waals surface area contributed by atoms with E-state index < -0.39 is 0 Å². The van der Waals surface area contributed by atoms with Gasteiger partial charge >= 0.3 is 0 Å². The van der Waals surface area contributed by atoms with Crippen molar-refractivity contribution in [3.8, 4) is 0 Å². The van der Waals surface area contributed by atoms with Crippen molar-refractivity contribution in [2.45, 2.75) is 20.0 Å². The van der Waals surface area contributed by atoms with Crippen LogP contribution in [0.25, 0.3) is 0 Å². The van der Waals surface area contributed by atoms with Crippen LogP contribution in [0.2, 0.25) is 0 Å². The van der Waals surface area contributed by atoms with Gasteiger partial charge in [0.05, 0.1) is 5.56 Å². The predicted molar refractivity (Wildman–Crippen MR) is 99.4 cm³/mol. The van der Waals surface area contributed by atoms with Crippen LogP contribution in [0.5, 0.6) is 0 Å².